The van der Waals surface area contributed by atoms with Gasteiger partial charge >= 0.3 is 6.18 Å². The SMILES string of the molecule is O=C(c1ccc(Cl)c(F)c1)c1ccc(C(F)(F)F)nc1Cl. The monoisotopic (exact) mass is 337 g/mol. The molecule has 21 heavy (non-hydrogen) atoms. The fraction of sp³-hybridized carbons (Fsp3) is 0.0769. The zero-order chi connectivity index (χ0) is 15.8. The molecule has 0 saturated heterocycles. The van der Waals surface area contributed by atoms with Crippen molar-refractivity contribution in [3.05, 3.63) is 63.1 Å². The molecule has 2 rings (SSSR count). The summed E-state index contributed by atoms with van der Waals surface area (Å²) in [6.07, 6.45) is -4.67. The molecule has 0 atom stereocenters. The number of alkyl halides is 3. The van der Waals surface area contributed by atoms with Crippen LogP contribution in [0.15, 0.2) is 30.3 Å². The Morgan fingerprint density at radius 1 is 1.10 bits per heavy atom. The second kappa shape index (κ2) is 5.61. The molecule has 1 aromatic carbocycles. The zero-order valence-electron chi connectivity index (χ0n) is 10.0. The summed E-state index contributed by atoms with van der Waals surface area (Å²) in [5.74, 6) is -1.57. The normalized spacial score (nSPS) is 11.5. The minimum absolute atomic E-state index is 0.0969. The average Bonchev–Trinajstić information content (AvgIpc) is 2.40. The second-order valence-electron chi connectivity index (χ2n) is 3.99. The fourth-order valence-corrected chi connectivity index (χ4v) is 1.91. The summed E-state index contributed by atoms with van der Waals surface area (Å²) < 4.78 is 50.6. The number of hydrogen-bond donors (Lipinski definition) is 0. The summed E-state index contributed by atoms with van der Waals surface area (Å²) >= 11 is 11.1. The lowest BCUT2D eigenvalue weighted by Crippen LogP contribution is -2.11. The highest BCUT2D eigenvalue weighted by atomic mass is 35.5. The van der Waals surface area contributed by atoms with E-state index in [-0.39, 0.29) is 16.1 Å². The highest BCUT2D eigenvalue weighted by molar-refractivity contribution is 6.34. The number of nitrogens with zero attached hydrogens (tertiary/aromatic N) is 1. The molecule has 0 unspecified atom stereocenters. The summed E-state index contributed by atoms with van der Waals surface area (Å²) in [7, 11) is 0. The molecule has 0 spiro atoms. The van der Waals surface area contributed by atoms with Gasteiger partial charge in [-0.15, -0.1) is 0 Å². The van der Waals surface area contributed by atoms with E-state index >= 15 is 0 Å². The summed E-state index contributed by atoms with van der Waals surface area (Å²) in [6, 6.07) is 4.80. The molecule has 0 saturated carbocycles. The molecule has 0 N–H and O–H groups in total. The van der Waals surface area contributed by atoms with Crippen LogP contribution in [-0.2, 0) is 6.18 Å². The number of aromatic nitrogens is 1. The highest BCUT2D eigenvalue weighted by Crippen LogP contribution is 2.30. The molecule has 1 heterocycles. The first kappa shape index (κ1) is 15.7. The van der Waals surface area contributed by atoms with Crippen LogP contribution in [0.3, 0.4) is 0 Å². The number of pyridine rings is 1. The number of benzene rings is 1. The Morgan fingerprint density at radius 2 is 1.76 bits per heavy atom. The predicted molar refractivity (Wildman–Crippen MR) is 69.1 cm³/mol. The van der Waals surface area contributed by atoms with E-state index in [1.165, 1.54) is 6.07 Å². The van der Waals surface area contributed by atoms with E-state index in [0.29, 0.717) is 6.07 Å². The Balaban J connectivity index is 2.42. The van der Waals surface area contributed by atoms with Gasteiger partial charge in [0.2, 0.25) is 0 Å². The largest absolute Gasteiger partial charge is 0.433 e. The predicted octanol–water partition coefficient (Wildman–Crippen LogP) is 4.78. The standard InChI is InChI=1S/C13H5Cl2F4NO/c14-8-3-1-6(5-9(8)16)11(21)7-2-4-10(13(17,18)19)20-12(7)15/h1-5H. The number of carbonyl (C=O) groups excluding carboxylic acids is 1. The van der Waals surface area contributed by atoms with Gasteiger partial charge in [-0.05, 0) is 30.3 Å². The van der Waals surface area contributed by atoms with E-state index in [9.17, 15) is 22.4 Å². The van der Waals surface area contributed by atoms with E-state index in [4.69, 9.17) is 23.2 Å². The summed E-state index contributed by atoms with van der Waals surface area (Å²) in [5, 5.41) is -0.784. The van der Waals surface area contributed by atoms with Gasteiger partial charge in [0.15, 0.2) is 5.78 Å². The van der Waals surface area contributed by atoms with Crippen molar-refractivity contribution in [2.24, 2.45) is 0 Å². The van der Waals surface area contributed by atoms with Crippen LogP contribution < -0.4 is 0 Å². The topological polar surface area (TPSA) is 30.0 Å². The molecule has 0 amide bonds. The van der Waals surface area contributed by atoms with E-state index in [0.717, 1.165) is 18.2 Å². The van der Waals surface area contributed by atoms with Crippen molar-refractivity contribution in [3.8, 4) is 0 Å². The van der Waals surface area contributed by atoms with Gasteiger partial charge in [0.25, 0.3) is 0 Å². The number of halogens is 6. The molecule has 0 aliphatic rings. The van der Waals surface area contributed by atoms with E-state index in [1.54, 1.807) is 0 Å². The maximum absolute atomic E-state index is 13.3. The quantitative estimate of drug-likeness (QED) is 0.448. The lowest BCUT2D eigenvalue weighted by Gasteiger charge is -2.08. The van der Waals surface area contributed by atoms with Crippen LogP contribution in [-0.4, -0.2) is 10.8 Å². The minimum Gasteiger partial charge on any atom is -0.288 e. The first-order chi connectivity index (χ1) is 9.70. The van der Waals surface area contributed by atoms with Crippen molar-refractivity contribution < 1.29 is 22.4 Å². The van der Waals surface area contributed by atoms with Crippen molar-refractivity contribution in [2.45, 2.75) is 6.18 Å². The molecule has 0 bridgehead atoms. The average molecular weight is 338 g/mol. The summed E-state index contributed by atoms with van der Waals surface area (Å²) in [4.78, 5) is 15.2. The van der Waals surface area contributed by atoms with Gasteiger partial charge in [-0.2, -0.15) is 13.2 Å². The van der Waals surface area contributed by atoms with Crippen LogP contribution in [0.5, 0.6) is 0 Å². The molecule has 0 aliphatic carbocycles. The van der Waals surface area contributed by atoms with E-state index < -0.39 is 28.6 Å². The Labute approximate surface area is 126 Å². The fourth-order valence-electron chi connectivity index (χ4n) is 1.55. The lowest BCUT2D eigenvalue weighted by atomic mass is 10.0. The van der Waals surface area contributed by atoms with Crippen molar-refractivity contribution in [1.29, 1.82) is 0 Å². The first-order valence-electron chi connectivity index (χ1n) is 5.43. The maximum Gasteiger partial charge on any atom is 0.433 e. The van der Waals surface area contributed by atoms with Crippen LogP contribution in [0.4, 0.5) is 17.6 Å². The molecule has 2 nitrogen and oxygen atoms in total. The van der Waals surface area contributed by atoms with E-state index in [1.807, 2.05) is 0 Å². The van der Waals surface area contributed by atoms with Crippen LogP contribution in [0, 0.1) is 5.82 Å². The van der Waals surface area contributed by atoms with E-state index in [2.05, 4.69) is 4.98 Å². The Kier molecular flexibility index (Phi) is 4.20. The summed E-state index contributed by atoms with van der Waals surface area (Å²) in [6.45, 7) is 0. The lowest BCUT2D eigenvalue weighted by molar-refractivity contribution is -0.141. The van der Waals surface area contributed by atoms with Gasteiger partial charge in [-0.3, -0.25) is 4.79 Å². The van der Waals surface area contributed by atoms with Gasteiger partial charge < -0.3 is 0 Å². The van der Waals surface area contributed by atoms with Gasteiger partial charge in [0.05, 0.1) is 10.6 Å². The second-order valence-corrected chi connectivity index (χ2v) is 4.76. The minimum atomic E-state index is -4.67. The van der Waals surface area contributed by atoms with Crippen molar-refractivity contribution in [1.82, 2.24) is 4.98 Å². The molecular formula is C13H5Cl2F4NO. The third kappa shape index (κ3) is 3.33. The molecule has 0 radical (unpaired) electrons. The smallest absolute Gasteiger partial charge is 0.288 e. The molecule has 1 aromatic heterocycles. The number of ketones is 1. The number of hydrogen-bond acceptors (Lipinski definition) is 2. The van der Waals surface area contributed by atoms with Gasteiger partial charge in [-0.1, -0.05) is 23.2 Å². The Bertz CT molecular complexity index is 716. The van der Waals surface area contributed by atoms with Crippen molar-refractivity contribution >= 4 is 29.0 Å². The highest BCUT2D eigenvalue weighted by Gasteiger charge is 2.33. The number of carbonyl (C=O) groups is 1. The molecule has 2 aromatic rings. The van der Waals surface area contributed by atoms with Crippen LogP contribution in [0.2, 0.25) is 10.2 Å². The molecule has 0 fully saturated rings. The Hall–Kier alpha value is -1.66. The first-order valence-corrected chi connectivity index (χ1v) is 6.19. The van der Waals surface area contributed by atoms with Crippen LogP contribution in [0.1, 0.15) is 21.6 Å². The Morgan fingerprint density at radius 3 is 2.29 bits per heavy atom. The molecular weight excluding hydrogens is 333 g/mol. The molecule has 0 aliphatic heterocycles. The van der Waals surface area contributed by atoms with Gasteiger partial charge in [0.1, 0.15) is 16.7 Å². The number of rotatable bonds is 2. The van der Waals surface area contributed by atoms with Crippen LogP contribution in [0.25, 0.3) is 0 Å². The third-order valence-electron chi connectivity index (χ3n) is 2.57. The third-order valence-corrected chi connectivity index (χ3v) is 3.16. The molecule has 110 valence electrons. The summed E-state index contributed by atoms with van der Waals surface area (Å²) in [5.41, 5.74) is -1.57. The van der Waals surface area contributed by atoms with Gasteiger partial charge in [0, 0.05) is 5.56 Å². The van der Waals surface area contributed by atoms with Gasteiger partial charge in [-0.25, -0.2) is 9.37 Å². The molecule has 8 heteroatoms. The van der Waals surface area contributed by atoms with Crippen molar-refractivity contribution in [2.75, 3.05) is 0 Å². The van der Waals surface area contributed by atoms with Crippen LogP contribution >= 0.6 is 23.2 Å². The maximum atomic E-state index is 13.3. The van der Waals surface area contributed by atoms with Crippen molar-refractivity contribution in [3.63, 3.8) is 0 Å². The zero-order valence-corrected chi connectivity index (χ0v) is 11.5.